The molecule has 6 nitrogen and oxygen atoms in total. The fourth-order valence-electron chi connectivity index (χ4n) is 2.58. The van der Waals surface area contributed by atoms with Crippen molar-refractivity contribution in [1.82, 2.24) is 5.32 Å². The van der Waals surface area contributed by atoms with Gasteiger partial charge in [0.2, 0.25) is 0 Å². The second-order valence-corrected chi connectivity index (χ2v) is 5.32. The fraction of sp³-hybridized carbons (Fsp3) is 0.467. The van der Waals surface area contributed by atoms with Gasteiger partial charge >= 0.3 is 12.0 Å². The van der Waals surface area contributed by atoms with Gasteiger partial charge in [-0.2, -0.15) is 0 Å². The number of rotatable bonds is 4. The first-order valence-electron chi connectivity index (χ1n) is 6.94. The van der Waals surface area contributed by atoms with Crippen LogP contribution >= 0.6 is 0 Å². The lowest BCUT2D eigenvalue weighted by molar-refractivity contribution is -0.141. The summed E-state index contributed by atoms with van der Waals surface area (Å²) in [5, 5.41) is 14.5. The average molecular weight is 292 g/mol. The number of ether oxygens (including phenoxy) is 1. The normalized spacial score (nSPS) is 20.9. The summed E-state index contributed by atoms with van der Waals surface area (Å²) in [6.45, 7) is 1.88. The molecule has 1 aromatic rings. The number of carboxylic acid groups (broad SMARTS) is 1. The van der Waals surface area contributed by atoms with Crippen LogP contribution in [0.15, 0.2) is 18.2 Å². The van der Waals surface area contributed by atoms with Gasteiger partial charge in [0.25, 0.3) is 0 Å². The monoisotopic (exact) mass is 292 g/mol. The highest BCUT2D eigenvalue weighted by atomic mass is 16.5. The molecular weight excluding hydrogens is 272 g/mol. The average Bonchev–Trinajstić information content (AvgIpc) is 2.89. The Morgan fingerprint density at radius 3 is 2.67 bits per heavy atom. The Labute approximate surface area is 123 Å². The predicted octanol–water partition coefficient (Wildman–Crippen LogP) is 2.38. The zero-order valence-electron chi connectivity index (χ0n) is 12.2. The zero-order valence-corrected chi connectivity index (χ0v) is 12.2. The van der Waals surface area contributed by atoms with Crippen molar-refractivity contribution >= 4 is 17.7 Å². The smallest absolute Gasteiger partial charge is 0.319 e. The molecule has 1 aliphatic carbocycles. The maximum Gasteiger partial charge on any atom is 0.319 e. The number of nitrogens with one attached hydrogen (secondary N) is 2. The van der Waals surface area contributed by atoms with E-state index in [-0.39, 0.29) is 18.0 Å². The Balaban J connectivity index is 1.89. The van der Waals surface area contributed by atoms with Gasteiger partial charge in [-0.1, -0.05) is 0 Å². The summed E-state index contributed by atoms with van der Waals surface area (Å²) in [7, 11) is 1.59. The summed E-state index contributed by atoms with van der Waals surface area (Å²) in [4.78, 5) is 22.8. The van der Waals surface area contributed by atoms with Gasteiger partial charge in [-0.15, -0.1) is 0 Å². The van der Waals surface area contributed by atoms with Gasteiger partial charge in [-0.3, -0.25) is 4.79 Å². The standard InChI is InChI=1S/C15H20N2O4/c1-9-7-12(21-2)5-6-13(9)17-15(20)16-11-4-3-10(8-11)14(18)19/h5-7,10-11H,3-4,8H2,1-2H3,(H,18,19)(H2,16,17,20). The first-order valence-corrected chi connectivity index (χ1v) is 6.94. The van der Waals surface area contributed by atoms with Crippen molar-refractivity contribution in [3.8, 4) is 5.75 Å². The molecule has 2 amide bonds. The predicted molar refractivity (Wildman–Crippen MR) is 78.7 cm³/mol. The van der Waals surface area contributed by atoms with E-state index in [9.17, 15) is 9.59 Å². The quantitative estimate of drug-likeness (QED) is 0.795. The van der Waals surface area contributed by atoms with E-state index in [4.69, 9.17) is 9.84 Å². The number of urea groups is 1. The molecular formula is C15H20N2O4. The number of aliphatic carboxylic acids is 1. The Morgan fingerprint density at radius 1 is 1.33 bits per heavy atom. The van der Waals surface area contributed by atoms with E-state index in [1.165, 1.54) is 0 Å². The molecule has 6 heteroatoms. The number of methoxy groups -OCH3 is 1. The SMILES string of the molecule is COc1ccc(NC(=O)NC2CCC(C(=O)O)C2)c(C)c1. The number of amides is 2. The van der Waals surface area contributed by atoms with Crippen molar-refractivity contribution < 1.29 is 19.4 Å². The molecule has 0 aliphatic heterocycles. The van der Waals surface area contributed by atoms with Crippen LogP contribution in [0.5, 0.6) is 5.75 Å². The largest absolute Gasteiger partial charge is 0.497 e. The summed E-state index contributed by atoms with van der Waals surface area (Å²) >= 11 is 0. The Kier molecular flexibility index (Phi) is 4.67. The molecule has 1 saturated carbocycles. The van der Waals surface area contributed by atoms with Crippen LogP contribution in [0, 0.1) is 12.8 Å². The van der Waals surface area contributed by atoms with E-state index in [1.807, 2.05) is 13.0 Å². The van der Waals surface area contributed by atoms with Crippen molar-refractivity contribution in [3.05, 3.63) is 23.8 Å². The van der Waals surface area contributed by atoms with Gasteiger partial charge in [0.1, 0.15) is 5.75 Å². The van der Waals surface area contributed by atoms with Crippen LogP contribution in [0.25, 0.3) is 0 Å². The van der Waals surface area contributed by atoms with Gasteiger partial charge in [-0.25, -0.2) is 4.79 Å². The molecule has 1 aromatic carbocycles. The minimum Gasteiger partial charge on any atom is -0.497 e. The number of carboxylic acids is 1. The van der Waals surface area contributed by atoms with E-state index in [0.29, 0.717) is 24.9 Å². The van der Waals surface area contributed by atoms with E-state index >= 15 is 0 Å². The van der Waals surface area contributed by atoms with Gasteiger partial charge in [-0.05, 0) is 49.9 Å². The lowest BCUT2D eigenvalue weighted by Crippen LogP contribution is -2.36. The van der Waals surface area contributed by atoms with Crippen LogP contribution in [0.4, 0.5) is 10.5 Å². The fourth-order valence-corrected chi connectivity index (χ4v) is 2.58. The number of hydrogen-bond acceptors (Lipinski definition) is 3. The van der Waals surface area contributed by atoms with E-state index in [1.54, 1.807) is 19.2 Å². The topological polar surface area (TPSA) is 87.7 Å². The molecule has 0 aromatic heterocycles. The third-order valence-electron chi connectivity index (χ3n) is 3.80. The number of benzene rings is 1. The van der Waals surface area contributed by atoms with Gasteiger partial charge in [0, 0.05) is 11.7 Å². The van der Waals surface area contributed by atoms with E-state index < -0.39 is 5.97 Å². The molecule has 0 heterocycles. The zero-order chi connectivity index (χ0) is 15.4. The Bertz CT molecular complexity index is 544. The molecule has 3 N–H and O–H groups in total. The molecule has 0 saturated heterocycles. The summed E-state index contributed by atoms with van der Waals surface area (Å²) in [6.07, 6.45) is 1.80. The van der Waals surface area contributed by atoms with E-state index in [0.717, 1.165) is 11.3 Å². The molecule has 1 fully saturated rings. The number of aryl methyl sites for hydroxylation is 1. The third kappa shape index (κ3) is 3.87. The summed E-state index contributed by atoms with van der Waals surface area (Å²) in [5.74, 6) is -0.401. The van der Waals surface area contributed by atoms with Crippen molar-refractivity contribution in [2.45, 2.75) is 32.2 Å². The maximum absolute atomic E-state index is 12.0. The van der Waals surface area contributed by atoms with Crippen molar-refractivity contribution in [3.63, 3.8) is 0 Å². The number of carbonyl (C=O) groups excluding carboxylic acids is 1. The summed E-state index contributed by atoms with van der Waals surface area (Å²) in [5.41, 5.74) is 1.61. The highest BCUT2D eigenvalue weighted by molar-refractivity contribution is 5.90. The lowest BCUT2D eigenvalue weighted by atomic mass is 10.1. The van der Waals surface area contributed by atoms with E-state index in [2.05, 4.69) is 10.6 Å². The highest BCUT2D eigenvalue weighted by Crippen LogP contribution is 2.26. The van der Waals surface area contributed by atoms with Crippen LogP contribution in [-0.2, 0) is 4.79 Å². The first kappa shape index (κ1) is 15.2. The van der Waals surface area contributed by atoms with Gasteiger partial charge in [0.05, 0.1) is 13.0 Å². The van der Waals surface area contributed by atoms with Crippen LogP contribution in [0.2, 0.25) is 0 Å². The molecule has 2 unspecified atom stereocenters. The molecule has 114 valence electrons. The van der Waals surface area contributed by atoms with Crippen LogP contribution < -0.4 is 15.4 Å². The van der Waals surface area contributed by atoms with Gasteiger partial charge < -0.3 is 20.5 Å². The first-order chi connectivity index (χ1) is 9.99. The lowest BCUT2D eigenvalue weighted by Gasteiger charge is -2.15. The van der Waals surface area contributed by atoms with Crippen molar-refractivity contribution in [2.24, 2.45) is 5.92 Å². The number of hydrogen-bond donors (Lipinski definition) is 3. The molecule has 2 atom stereocenters. The summed E-state index contributed by atoms with van der Waals surface area (Å²) < 4.78 is 5.11. The molecule has 0 radical (unpaired) electrons. The molecule has 0 spiro atoms. The minimum absolute atomic E-state index is 0.0790. The second kappa shape index (κ2) is 6.47. The minimum atomic E-state index is -0.786. The Hall–Kier alpha value is -2.24. The summed E-state index contributed by atoms with van der Waals surface area (Å²) in [6, 6.07) is 5.01. The second-order valence-electron chi connectivity index (χ2n) is 5.32. The number of carbonyl (C=O) groups is 2. The molecule has 2 rings (SSSR count). The van der Waals surface area contributed by atoms with Gasteiger partial charge in [0.15, 0.2) is 0 Å². The number of anilines is 1. The molecule has 0 bridgehead atoms. The maximum atomic E-state index is 12.0. The third-order valence-corrected chi connectivity index (χ3v) is 3.80. The Morgan fingerprint density at radius 2 is 2.10 bits per heavy atom. The van der Waals surface area contributed by atoms with Crippen molar-refractivity contribution in [1.29, 1.82) is 0 Å². The van der Waals surface area contributed by atoms with Crippen molar-refractivity contribution in [2.75, 3.05) is 12.4 Å². The van der Waals surface area contributed by atoms with Crippen LogP contribution in [0.1, 0.15) is 24.8 Å². The molecule has 1 aliphatic rings. The highest BCUT2D eigenvalue weighted by Gasteiger charge is 2.30. The van der Waals surface area contributed by atoms with Crippen LogP contribution in [0.3, 0.4) is 0 Å². The molecule has 21 heavy (non-hydrogen) atoms. The van der Waals surface area contributed by atoms with Crippen LogP contribution in [-0.4, -0.2) is 30.3 Å².